The molecule has 2 saturated heterocycles. The Kier molecular flexibility index (Phi) is 33.5. The van der Waals surface area contributed by atoms with Crippen LogP contribution in [0.5, 0.6) is 5.75 Å². The van der Waals surface area contributed by atoms with E-state index in [1.165, 1.54) is 10.9 Å². The van der Waals surface area contributed by atoms with Crippen LogP contribution in [0.25, 0.3) is 10.9 Å². The summed E-state index contributed by atoms with van der Waals surface area (Å²) in [6.07, 6.45) is 1.43. The quantitative estimate of drug-likeness (QED) is 0.00796. The number of nitrogens with one attached hydrogen (secondary N) is 8. The summed E-state index contributed by atoms with van der Waals surface area (Å²) in [7, 11) is 5.63. The number of aliphatic carboxylic acids is 4. The topological polar surface area (TPSA) is 524 Å². The summed E-state index contributed by atoms with van der Waals surface area (Å²) in [5, 5.41) is 83.6. The van der Waals surface area contributed by atoms with Gasteiger partial charge in [0.05, 0.1) is 50.5 Å². The molecule has 1 aromatic heterocycles. The predicted octanol–water partition coefficient (Wildman–Crippen LogP) is 5.06. The molecule has 7 amide bonds. The van der Waals surface area contributed by atoms with Gasteiger partial charge in [-0.3, -0.25) is 57.6 Å². The number of urea groups is 1. The third kappa shape index (κ3) is 22.6. The van der Waals surface area contributed by atoms with Gasteiger partial charge in [0.15, 0.2) is 29.2 Å². The number of hydrogen-bond donors (Lipinski definition) is 15. The summed E-state index contributed by atoms with van der Waals surface area (Å²) in [6.45, 7) is 9.01. The monoisotopic (exact) mass is 1810 g/mol. The van der Waals surface area contributed by atoms with Gasteiger partial charge in [0.25, 0.3) is 6.47 Å². The molecule has 1 saturated carbocycles. The Labute approximate surface area is 749 Å². The van der Waals surface area contributed by atoms with Gasteiger partial charge in [-0.25, -0.2) is 14.4 Å². The smallest absolute Gasteiger partial charge is 0.407 e. The van der Waals surface area contributed by atoms with Crippen LogP contribution in [-0.2, 0) is 97.1 Å². The van der Waals surface area contributed by atoms with E-state index in [9.17, 15) is 87.9 Å². The Morgan fingerprint density at radius 1 is 0.711 bits per heavy atom. The summed E-state index contributed by atoms with van der Waals surface area (Å²) >= 11 is 0. The number of benzene rings is 4. The molecule has 5 aromatic rings. The van der Waals surface area contributed by atoms with Gasteiger partial charge in [-0.15, -0.1) is 0 Å². The van der Waals surface area contributed by atoms with Crippen molar-refractivity contribution in [3.63, 3.8) is 0 Å². The molecular formula is C91H118N12O23S2. The summed E-state index contributed by atoms with van der Waals surface area (Å²) < 4.78 is 16.7. The maximum Gasteiger partial charge on any atom is 0.407 e. The van der Waals surface area contributed by atoms with E-state index < -0.39 is 205 Å². The zero-order chi connectivity index (χ0) is 92.4. The highest BCUT2D eigenvalue weighted by atomic mass is 33.1. The molecule has 2 bridgehead atoms. The van der Waals surface area contributed by atoms with E-state index >= 15 is 4.79 Å². The number of fused-ring (bicyclic) bond motifs is 6. The number of amides is 7. The van der Waals surface area contributed by atoms with Crippen LogP contribution in [0.1, 0.15) is 144 Å². The number of likely N-dealkylation sites (N-methyl/N-ethyl adjacent to an activating group) is 1. The SMILES string of the molecule is CC[C@@H]1CC2CC[C@](C)(c3cc4c(cc3OC)N(C)C3[C@]45CCN4CC=C[C@@](CC)([C@@H](O)[C@]3(O)C(=O)CNC(=O)OCCSSC[C@@H](CC(=O)[C@H](CC(=O)O)NC(=O)[C@@H](N)CNC(=O)[C@@H](CC(=O)[C@H](Cc3ccccc3)NC(=O)CCNC(=O)CC[C@H](NC(=O)N[C@@H](CCC(=O)O)OC=O)C(=O)O)Cc3ccccc3)C(=O)O)[C@H]45)c3[nH]c4ccccc4c3CCN(C2)C1. The van der Waals surface area contributed by atoms with Gasteiger partial charge in [-0.1, -0.05) is 133 Å². The molecule has 692 valence electrons. The second-order valence-corrected chi connectivity index (χ2v) is 37.2. The number of aliphatic hydroxyl groups is 2. The minimum atomic E-state index is -2.47. The maximum absolute atomic E-state index is 15.4. The van der Waals surface area contributed by atoms with E-state index in [1.807, 2.05) is 31.0 Å². The molecule has 16 N–H and O–H groups in total. The Balaban J connectivity index is 0.671. The minimum Gasteiger partial charge on any atom is -0.496 e. The number of rotatable bonds is 46. The third-order valence-corrected chi connectivity index (χ3v) is 28.9. The van der Waals surface area contributed by atoms with E-state index in [0.717, 1.165) is 101 Å². The molecule has 3 fully saturated rings. The van der Waals surface area contributed by atoms with Crippen molar-refractivity contribution in [1.82, 2.24) is 52.0 Å². The molecule has 6 aliphatic rings. The fourth-order valence-electron chi connectivity index (χ4n) is 20.1. The Morgan fingerprint density at radius 3 is 2.09 bits per heavy atom. The molecule has 4 aromatic carbocycles. The first kappa shape index (κ1) is 97.6. The zero-order valence-corrected chi connectivity index (χ0v) is 74.2. The van der Waals surface area contributed by atoms with Crippen LogP contribution in [0.4, 0.5) is 15.3 Å². The number of piperidine rings is 1. The van der Waals surface area contributed by atoms with Crippen LogP contribution in [0.15, 0.2) is 109 Å². The van der Waals surface area contributed by atoms with Gasteiger partial charge < -0.3 is 103 Å². The molecule has 1 aliphatic carbocycles. The number of aliphatic hydroxyl groups excluding tert-OH is 1. The summed E-state index contributed by atoms with van der Waals surface area (Å²) in [5.74, 6) is -12.4. The van der Waals surface area contributed by atoms with Gasteiger partial charge in [-0.2, -0.15) is 0 Å². The van der Waals surface area contributed by atoms with Gasteiger partial charge in [0.2, 0.25) is 23.6 Å². The molecule has 11 rings (SSSR count). The van der Waals surface area contributed by atoms with Gasteiger partial charge in [0, 0.05) is 152 Å². The van der Waals surface area contributed by atoms with Gasteiger partial charge >= 0.3 is 36.0 Å². The first-order chi connectivity index (χ1) is 61.2. The molecule has 0 radical (unpaired) electrons. The lowest BCUT2D eigenvalue weighted by Gasteiger charge is -2.63. The second kappa shape index (κ2) is 43.9. The first-order valence-electron chi connectivity index (χ1n) is 43.6. The highest BCUT2D eigenvalue weighted by Gasteiger charge is 2.78. The lowest BCUT2D eigenvalue weighted by molar-refractivity contribution is -0.201. The number of nitrogens with zero attached hydrogens (tertiary/aromatic N) is 3. The van der Waals surface area contributed by atoms with E-state index in [1.54, 1.807) is 67.8 Å². The van der Waals surface area contributed by atoms with Crippen LogP contribution in [-0.4, -0.2) is 268 Å². The Bertz CT molecular complexity index is 4910. The Morgan fingerprint density at radius 2 is 1.41 bits per heavy atom. The summed E-state index contributed by atoms with van der Waals surface area (Å²) in [6, 6.07) is 21.2. The lowest BCUT2D eigenvalue weighted by atomic mass is 9.47. The van der Waals surface area contributed by atoms with Crippen LogP contribution >= 0.6 is 21.6 Å². The zero-order valence-electron chi connectivity index (χ0n) is 72.6. The highest BCUT2D eigenvalue weighted by Crippen LogP contribution is 2.68. The van der Waals surface area contributed by atoms with Crippen LogP contribution in [0.3, 0.4) is 0 Å². The molecule has 1 spiro atoms. The van der Waals surface area contributed by atoms with Crippen LogP contribution < -0.4 is 52.6 Å². The number of aromatic amines is 1. The van der Waals surface area contributed by atoms with E-state index in [4.69, 9.17) is 20.3 Å². The van der Waals surface area contributed by atoms with Crippen molar-refractivity contribution in [2.75, 3.05) is 89.5 Å². The molecule has 6 heterocycles. The van der Waals surface area contributed by atoms with Crippen molar-refractivity contribution in [1.29, 1.82) is 0 Å². The van der Waals surface area contributed by atoms with E-state index in [2.05, 4.69) is 107 Å². The number of aromatic nitrogens is 1. The number of alkyl carbamates (subject to hydrolysis) is 1. The lowest BCUT2D eigenvalue weighted by Crippen LogP contribution is -2.81. The second-order valence-electron chi connectivity index (χ2n) is 34.6. The van der Waals surface area contributed by atoms with Crippen molar-refractivity contribution >= 4 is 122 Å². The molecule has 35 nitrogen and oxygen atoms in total. The average molecular weight is 1810 g/mol. The highest BCUT2D eigenvalue weighted by molar-refractivity contribution is 8.76. The standard InChI is InChI=1S/C91H118N12O23S2/c1-6-53-39-56-27-31-88(3,78-60(29-35-102(49-53)50-56)59-21-14-15-22-64(59)97-78)62-44-61-68(46-71(62)124-5)101(4)84-90(61)32-36-103-34-16-30-89(7-2,83(90)103)85(120)91(84,123)72(107)48-95-87(122)125-37-38-127-128-51-58(81(116)117)43-70(106)67(45-77(112)113)98-80(115)63(92)47-94-79(114)57(40-54-17-10-8-11-18-54)42-69(105)66(41-55-19-12-9-13-20-55)96-74(109)28-33-93-73(108)24-23-65(82(118)119)99-86(121)100-75(126-52-104)25-26-76(110)111/h8-22,30,44,46,52-53,56-58,63,65-67,75,83-85,97,120,123H,6-7,23-29,31-43,45,47-51,92H2,1-5H3,(H,93,108)(H,94,114)(H,95,122)(H,96,109)(H,98,115)(H,110,111)(H,112,113)(H,116,117)(H,118,119)(H2,99,100,121)/t53-,56?,57-,58-,63+,65+,66+,67+,75-,83+,84?,85-,88-,89-,90-,91+/m1/s1. The third-order valence-electron chi connectivity index (χ3n) is 26.5. The number of hydrogen-bond acceptors (Lipinski definition) is 25. The van der Waals surface area contributed by atoms with E-state index in [0.29, 0.717) is 54.6 Å². The number of carboxylic acids is 4. The van der Waals surface area contributed by atoms with Gasteiger partial charge in [0.1, 0.15) is 30.5 Å². The number of carbonyl (C=O) groups is 14. The van der Waals surface area contributed by atoms with Crippen LogP contribution in [0.2, 0.25) is 0 Å². The number of carboxylic acid groups (broad SMARTS) is 4. The van der Waals surface area contributed by atoms with Crippen molar-refractivity contribution in [2.45, 2.75) is 195 Å². The van der Waals surface area contributed by atoms with Crippen LogP contribution in [0, 0.1) is 29.1 Å². The van der Waals surface area contributed by atoms with E-state index in [-0.39, 0.29) is 62.9 Å². The number of methoxy groups -OCH3 is 1. The number of para-hydroxylation sites is 1. The normalized spacial score (nSPS) is 24.2. The van der Waals surface area contributed by atoms with Crippen molar-refractivity contribution in [3.05, 3.63) is 143 Å². The Hall–Kier alpha value is -11.0. The largest absolute Gasteiger partial charge is 0.496 e. The number of ether oxygens (including phenoxy) is 3. The minimum absolute atomic E-state index is 0.0322. The fraction of sp³-hybridized carbons (Fsp3) is 0.538. The van der Waals surface area contributed by atoms with Crippen molar-refractivity contribution in [3.8, 4) is 5.75 Å². The number of anilines is 1. The number of Topliss-reactive ketones (excluding diaryl/α,β-unsaturated/α-hetero) is 3. The van der Waals surface area contributed by atoms with Crippen molar-refractivity contribution < 1.29 is 112 Å². The number of H-pyrrole nitrogens is 1. The molecule has 37 heteroatoms. The average Bonchev–Trinajstić information content (AvgIpc) is 1.47. The fourth-order valence-corrected chi connectivity index (χ4v) is 22.2. The molecular weight excluding hydrogens is 1690 g/mol. The molecule has 5 aliphatic heterocycles. The maximum atomic E-state index is 15.4. The first-order valence-corrected chi connectivity index (χ1v) is 46.1. The number of nitrogens with two attached hydrogens (primary N) is 1. The predicted molar refractivity (Wildman–Crippen MR) is 474 cm³/mol. The van der Waals surface area contributed by atoms with Gasteiger partial charge in [-0.05, 0) is 117 Å². The summed E-state index contributed by atoms with van der Waals surface area (Å²) in [5.41, 5.74) is 8.61. The molecule has 128 heavy (non-hydrogen) atoms. The number of carbonyl (C=O) groups excluding carboxylic acids is 10. The molecule has 17 atom stereocenters. The molecule has 3 unspecified atom stereocenters. The van der Waals surface area contributed by atoms with Crippen molar-refractivity contribution in [2.24, 2.45) is 34.8 Å². The summed E-state index contributed by atoms with van der Waals surface area (Å²) in [4.78, 5) is 194. The number of ketones is 3.